The molecule has 0 aliphatic carbocycles. The summed E-state index contributed by atoms with van der Waals surface area (Å²) in [6.07, 6.45) is 18.6. The Balaban J connectivity index is 4.16. The van der Waals surface area contributed by atoms with Gasteiger partial charge < -0.3 is 4.74 Å². The van der Waals surface area contributed by atoms with Crippen molar-refractivity contribution >= 4 is 23.4 Å². The van der Waals surface area contributed by atoms with Crippen LogP contribution in [0.1, 0.15) is 79.1 Å². The smallest absolute Gasteiger partial charge is 0.331 e. The summed E-state index contributed by atoms with van der Waals surface area (Å²) in [6.45, 7) is 8.23. The topological polar surface area (TPSA) is 43.4 Å². The molecule has 0 saturated heterocycles. The summed E-state index contributed by atoms with van der Waals surface area (Å²) >= 11 is 5.83. The summed E-state index contributed by atoms with van der Waals surface area (Å²) in [5.41, 5.74) is 3.90. The van der Waals surface area contributed by atoms with Crippen molar-refractivity contribution in [1.29, 1.82) is 0 Å². The maximum Gasteiger partial charge on any atom is 0.331 e. The Morgan fingerprint density at radius 3 is 1.93 bits per heavy atom. The lowest BCUT2D eigenvalue weighted by Gasteiger charge is -2.08. The van der Waals surface area contributed by atoms with Crippen LogP contribution in [0.25, 0.3) is 0 Å². The summed E-state index contributed by atoms with van der Waals surface area (Å²) in [7, 11) is 0. The number of hydrogen-bond acceptors (Lipinski definition) is 3. The Morgan fingerprint density at radius 1 is 0.929 bits per heavy atom. The first-order valence-electron chi connectivity index (χ1n) is 10.1. The van der Waals surface area contributed by atoms with Crippen molar-refractivity contribution in [3.8, 4) is 12.3 Å². The number of allylic oxidation sites excluding steroid dienone is 6. The lowest BCUT2D eigenvalue weighted by Crippen LogP contribution is -2.26. The van der Waals surface area contributed by atoms with E-state index in [1.165, 1.54) is 11.1 Å². The van der Waals surface area contributed by atoms with Crippen molar-refractivity contribution in [2.45, 2.75) is 84.4 Å². The number of ketones is 1. The molecule has 28 heavy (non-hydrogen) atoms. The van der Waals surface area contributed by atoms with Crippen molar-refractivity contribution in [3.05, 3.63) is 34.9 Å². The van der Waals surface area contributed by atoms with Gasteiger partial charge in [0.2, 0.25) is 0 Å². The van der Waals surface area contributed by atoms with Gasteiger partial charge in [-0.3, -0.25) is 4.79 Å². The molecule has 0 aromatic rings. The number of carbonyl (C=O) groups is 2. The average Bonchev–Trinajstić information content (AvgIpc) is 2.65. The van der Waals surface area contributed by atoms with Crippen molar-refractivity contribution in [2.24, 2.45) is 0 Å². The first-order valence-corrected chi connectivity index (χ1v) is 10.5. The molecular weight excluding hydrogens is 372 g/mol. The molecule has 0 rings (SSSR count). The van der Waals surface area contributed by atoms with Gasteiger partial charge in [0.15, 0.2) is 11.2 Å². The van der Waals surface area contributed by atoms with Gasteiger partial charge in [-0.1, -0.05) is 34.9 Å². The summed E-state index contributed by atoms with van der Waals surface area (Å²) in [5, 5.41) is -1.19. The van der Waals surface area contributed by atoms with Gasteiger partial charge in [-0.15, -0.1) is 23.9 Å². The molecule has 0 N–H and O–H groups in total. The number of hydrogen-bond donors (Lipinski definition) is 0. The molecule has 1 atom stereocenters. The van der Waals surface area contributed by atoms with Gasteiger partial charge in [0.1, 0.15) is 0 Å². The highest BCUT2D eigenvalue weighted by atomic mass is 35.5. The fourth-order valence-electron chi connectivity index (χ4n) is 2.59. The molecule has 0 aliphatic rings. The molecule has 156 valence electrons. The zero-order valence-electron chi connectivity index (χ0n) is 17.9. The predicted octanol–water partition coefficient (Wildman–Crippen LogP) is 6.32. The van der Waals surface area contributed by atoms with E-state index in [1.54, 1.807) is 6.92 Å². The molecule has 0 fully saturated rings. The lowest BCUT2D eigenvalue weighted by atomic mass is 10.0. The number of carbonyl (C=O) groups excluding carboxylic acids is 2. The zero-order chi connectivity index (χ0) is 21.4. The largest absolute Gasteiger partial charge is 0.465 e. The van der Waals surface area contributed by atoms with E-state index in [1.807, 2.05) is 6.92 Å². The zero-order valence-corrected chi connectivity index (χ0v) is 18.6. The van der Waals surface area contributed by atoms with E-state index in [0.717, 1.165) is 44.1 Å². The van der Waals surface area contributed by atoms with Crippen molar-refractivity contribution in [3.63, 3.8) is 0 Å². The first kappa shape index (κ1) is 26.2. The molecule has 4 heteroatoms. The molecule has 0 bridgehead atoms. The minimum absolute atomic E-state index is 0.225. The molecule has 0 aromatic carbocycles. The fraction of sp³-hybridized carbons (Fsp3) is 0.583. The number of unbranched alkanes of at least 4 members (excludes halogenated alkanes) is 1. The SMILES string of the molecule is C#CCC/C=C(\C)CC/C=C(\C)CC/C=C(\C)CCC(=O)C(Cl)C(=O)OCC. The number of esters is 1. The summed E-state index contributed by atoms with van der Waals surface area (Å²) in [4.78, 5) is 23.4. The van der Waals surface area contributed by atoms with Crippen LogP contribution in [0.3, 0.4) is 0 Å². The van der Waals surface area contributed by atoms with Crippen LogP contribution in [-0.4, -0.2) is 23.7 Å². The van der Waals surface area contributed by atoms with Crippen LogP contribution in [0.4, 0.5) is 0 Å². The van der Waals surface area contributed by atoms with Crippen LogP contribution in [0.15, 0.2) is 34.9 Å². The van der Waals surface area contributed by atoms with E-state index >= 15 is 0 Å². The molecule has 1 unspecified atom stereocenters. The van der Waals surface area contributed by atoms with Gasteiger partial charge in [-0.05, 0) is 66.2 Å². The normalized spacial score (nSPS) is 13.8. The van der Waals surface area contributed by atoms with Crippen molar-refractivity contribution < 1.29 is 14.3 Å². The second-order valence-corrected chi connectivity index (χ2v) is 7.49. The number of Topliss-reactive ketones (excluding diaryl/α,β-unsaturated/α-hetero) is 1. The molecule has 0 amide bonds. The Hall–Kier alpha value is -1.79. The predicted molar refractivity (Wildman–Crippen MR) is 118 cm³/mol. The van der Waals surface area contributed by atoms with Gasteiger partial charge in [0, 0.05) is 12.8 Å². The number of halogens is 1. The third-order valence-electron chi connectivity index (χ3n) is 4.39. The Labute approximate surface area is 176 Å². The lowest BCUT2D eigenvalue weighted by molar-refractivity contribution is -0.145. The quantitative estimate of drug-likeness (QED) is 0.0846. The van der Waals surface area contributed by atoms with E-state index in [9.17, 15) is 9.59 Å². The highest BCUT2D eigenvalue weighted by molar-refractivity contribution is 6.41. The van der Waals surface area contributed by atoms with E-state index in [4.69, 9.17) is 22.8 Å². The molecule has 0 aromatic heterocycles. The second-order valence-electron chi connectivity index (χ2n) is 7.05. The van der Waals surface area contributed by atoms with Crippen LogP contribution >= 0.6 is 11.6 Å². The van der Waals surface area contributed by atoms with Crippen LogP contribution < -0.4 is 0 Å². The average molecular weight is 407 g/mol. The molecule has 0 saturated carbocycles. The molecule has 0 radical (unpaired) electrons. The molecule has 0 heterocycles. The molecule has 3 nitrogen and oxygen atoms in total. The monoisotopic (exact) mass is 406 g/mol. The van der Waals surface area contributed by atoms with E-state index < -0.39 is 11.3 Å². The number of terminal acetylenes is 1. The Morgan fingerprint density at radius 2 is 1.43 bits per heavy atom. The van der Waals surface area contributed by atoms with E-state index in [-0.39, 0.29) is 18.8 Å². The number of ether oxygens (including phenoxy) is 1. The maximum atomic E-state index is 11.9. The van der Waals surface area contributed by atoms with Gasteiger partial charge >= 0.3 is 5.97 Å². The molecule has 0 spiro atoms. The van der Waals surface area contributed by atoms with E-state index in [0.29, 0.717) is 6.42 Å². The van der Waals surface area contributed by atoms with Gasteiger partial charge in [0.25, 0.3) is 0 Å². The fourth-order valence-corrected chi connectivity index (χ4v) is 2.77. The highest BCUT2D eigenvalue weighted by Crippen LogP contribution is 2.15. The molecular formula is C24H35ClO3. The van der Waals surface area contributed by atoms with Gasteiger partial charge in [0.05, 0.1) is 6.61 Å². The second kappa shape index (κ2) is 16.2. The highest BCUT2D eigenvalue weighted by Gasteiger charge is 2.24. The maximum absolute atomic E-state index is 11.9. The summed E-state index contributed by atoms with van der Waals surface area (Å²) in [5.74, 6) is 1.71. The van der Waals surface area contributed by atoms with Crippen LogP contribution in [0.2, 0.25) is 0 Å². The van der Waals surface area contributed by atoms with Crippen molar-refractivity contribution in [1.82, 2.24) is 0 Å². The Kier molecular flexibility index (Phi) is 15.2. The van der Waals surface area contributed by atoms with Gasteiger partial charge in [-0.25, -0.2) is 4.79 Å². The summed E-state index contributed by atoms with van der Waals surface area (Å²) in [6, 6.07) is 0. The summed E-state index contributed by atoms with van der Waals surface area (Å²) < 4.78 is 4.77. The number of rotatable bonds is 14. The third kappa shape index (κ3) is 13.4. The third-order valence-corrected chi connectivity index (χ3v) is 4.81. The Bertz CT molecular complexity index is 620. The van der Waals surface area contributed by atoms with Crippen LogP contribution in [-0.2, 0) is 14.3 Å². The van der Waals surface area contributed by atoms with Crippen LogP contribution in [0, 0.1) is 12.3 Å². The van der Waals surface area contributed by atoms with Crippen LogP contribution in [0.5, 0.6) is 0 Å². The number of alkyl halides is 1. The van der Waals surface area contributed by atoms with Crippen molar-refractivity contribution in [2.75, 3.05) is 6.61 Å². The van der Waals surface area contributed by atoms with Gasteiger partial charge in [-0.2, -0.15) is 0 Å². The standard InChI is InChI=1S/C24H35ClO3/c1-6-8-9-12-19(3)13-10-14-20(4)15-11-16-21(5)17-18-22(26)23(25)24(27)28-7-2/h1,12,14,16,23H,7-11,13,15,17-18H2,2-5H3/b19-12+,20-14+,21-16+. The van der Waals surface area contributed by atoms with E-state index in [2.05, 4.69) is 38.0 Å². The minimum Gasteiger partial charge on any atom is -0.465 e. The molecule has 0 aliphatic heterocycles. The minimum atomic E-state index is -1.19. The first-order chi connectivity index (χ1) is 13.3.